The summed E-state index contributed by atoms with van der Waals surface area (Å²) < 4.78 is 0. The zero-order valence-electron chi connectivity index (χ0n) is 19.8. The van der Waals surface area contributed by atoms with Crippen LogP contribution in [0.3, 0.4) is 0 Å². The third-order valence-corrected chi connectivity index (χ3v) is 6.57. The molecule has 1 saturated heterocycles. The Morgan fingerprint density at radius 1 is 0.800 bits per heavy atom. The van der Waals surface area contributed by atoms with Crippen molar-refractivity contribution in [2.45, 2.75) is 38.1 Å². The van der Waals surface area contributed by atoms with Crippen molar-refractivity contribution in [1.29, 1.82) is 0 Å². The van der Waals surface area contributed by atoms with Gasteiger partial charge >= 0.3 is 12.0 Å². The van der Waals surface area contributed by atoms with Crippen LogP contribution in [0, 0.1) is 0 Å². The van der Waals surface area contributed by atoms with E-state index in [1.807, 2.05) is 97.9 Å². The molecular weight excluding hydrogens is 442 g/mol. The topological polar surface area (TPSA) is 81.2 Å². The standard InChI is InChI=1S/C28H29N3O4/c1-20(23-16-10-5-11-17-23)29(2)26(32)24-25(27(33)34)31(19-22-14-8-4-9-15-22)28(35)30(24)18-21-12-6-3-7-13-21/h3-17,20,24-25H,18-19H2,1-2H3,(H,33,34)/t20-,24?,25?/m0/s1. The van der Waals surface area contributed by atoms with Crippen molar-refractivity contribution in [3.8, 4) is 0 Å². The minimum absolute atomic E-state index is 0.101. The van der Waals surface area contributed by atoms with Crippen LogP contribution in [0.15, 0.2) is 91.0 Å². The third kappa shape index (κ3) is 5.04. The highest BCUT2D eigenvalue weighted by Gasteiger charge is 2.54. The molecule has 0 spiro atoms. The summed E-state index contributed by atoms with van der Waals surface area (Å²) in [7, 11) is 1.66. The fourth-order valence-corrected chi connectivity index (χ4v) is 4.53. The van der Waals surface area contributed by atoms with Crippen molar-refractivity contribution in [3.05, 3.63) is 108 Å². The number of nitrogens with zero attached hydrogens (tertiary/aromatic N) is 3. The SMILES string of the molecule is C[C@@H](c1ccccc1)N(C)C(=O)C1C(C(=O)O)N(Cc2ccccc2)C(=O)N1Cc1ccccc1. The highest BCUT2D eigenvalue weighted by atomic mass is 16.4. The molecule has 1 N–H and O–H groups in total. The number of hydrogen-bond acceptors (Lipinski definition) is 3. The van der Waals surface area contributed by atoms with E-state index in [4.69, 9.17) is 0 Å². The van der Waals surface area contributed by atoms with Gasteiger partial charge in [0.15, 0.2) is 6.04 Å². The van der Waals surface area contributed by atoms with E-state index in [0.29, 0.717) is 0 Å². The van der Waals surface area contributed by atoms with Gasteiger partial charge in [0, 0.05) is 20.1 Å². The molecule has 1 fully saturated rings. The molecule has 1 heterocycles. The van der Waals surface area contributed by atoms with Crippen LogP contribution in [-0.4, -0.2) is 56.8 Å². The van der Waals surface area contributed by atoms with Crippen molar-refractivity contribution in [2.75, 3.05) is 7.05 Å². The van der Waals surface area contributed by atoms with E-state index >= 15 is 0 Å². The molecule has 1 aliphatic rings. The molecule has 3 atom stereocenters. The molecule has 35 heavy (non-hydrogen) atoms. The lowest BCUT2D eigenvalue weighted by Gasteiger charge is -2.32. The molecule has 7 nitrogen and oxygen atoms in total. The Labute approximate surface area is 205 Å². The van der Waals surface area contributed by atoms with Gasteiger partial charge in [0.2, 0.25) is 5.91 Å². The van der Waals surface area contributed by atoms with Crippen LogP contribution in [0.2, 0.25) is 0 Å². The summed E-state index contributed by atoms with van der Waals surface area (Å²) in [6.07, 6.45) is 0. The molecule has 0 bridgehead atoms. The lowest BCUT2D eigenvalue weighted by molar-refractivity contribution is -0.148. The van der Waals surface area contributed by atoms with E-state index in [1.165, 1.54) is 14.7 Å². The van der Waals surface area contributed by atoms with E-state index in [0.717, 1.165) is 16.7 Å². The molecule has 180 valence electrons. The first-order valence-electron chi connectivity index (χ1n) is 11.6. The maximum Gasteiger partial charge on any atom is 0.329 e. The Morgan fingerprint density at radius 2 is 1.23 bits per heavy atom. The summed E-state index contributed by atoms with van der Waals surface area (Å²) in [5, 5.41) is 10.2. The van der Waals surface area contributed by atoms with Crippen molar-refractivity contribution in [1.82, 2.24) is 14.7 Å². The monoisotopic (exact) mass is 471 g/mol. The van der Waals surface area contributed by atoms with Crippen LogP contribution >= 0.6 is 0 Å². The minimum atomic E-state index is -1.32. The van der Waals surface area contributed by atoms with E-state index in [1.54, 1.807) is 7.05 Å². The molecule has 7 heteroatoms. The summed E-state index contributed by atoms with van der Waals surface area (Å²) in [5.74, 6) is -1.61. The number of aliphatic carboxylic acids is 1. The summed E-state index contributed by atoms with van der Waals surface area (Å²) in [6.45, 7) is 2.13. The van der Waals surface area contributed by atoms with Crippen LogP contribution < -0.4 is 0 Å². The fourth-order valence-electron chi connectivity index (χ4n) is 4.53. The summed E-state index contributed by atoms with van der Waals surface area (Å²) in [5.41, 5.74) is 2.55. The molecule has 0 saturated carbocycles. The molecular formula is C28H29N3O4. The maximum atomic E-state index is 13.9. The number of carboxylic acid groups (broad SMARTS) is 1. The molecule has 3 amide bonds. The quantitative estimate of drug-likeness (QED) is 0.535. The molecule has 3 aromatic carbocycles. The number of rotatable bonds is 8. The number of amides is 3. The summed E-state index contributed by atoms with van der Waals surface area (Å²) in [4.78, 5) is 44.2. The maximum absolute atomic E-state index is 13.9. The Kier molecular flexibility index (Phi) is 7.15. The number of carbonyl (C=O) groups excluding carboxylic acids is 2. The Balaban J connectivity index is 1.71. The first kappa shape index (κ1) is 24.0. The van der Waals surface area contributed by atoms with Gasteiger partial charge in [-0.2, -0.15) is 0 Å². The molecule has 0 aromatic heterocycles. The van der Waals surface area contributed by atoms with Crippen molar-refractivity contribution >= 4 is 17.9 Å². The predicted molar refractivity (Wildman–Crippen MR) is 132 cm³/mol. The van der Waals surface area contributed by atoms with E-state index in [-0.39, 0.29) is 19.1 Å². The second-order valence-electron chi connectivity index (χ2n) is 8.77. The second-order valence-corrected chi connectivity index (χ2v) is 8.77. The first-order chi connectivity index (χ1) is 16.9. The largest absolute Gasteiger partial charge is 0.480 e. The average molecular weight is 472 g/mol. The van der Waals surface area contributed by atoms with Gasteiger partial charge < -0.3 is 19.8 Å². The fraction of sp³-hybridized carbons (Fsp3) is 0.250. The molecule has 0 aliphatic carbocycles. The predicted octanol–water partition coefficient (Wildman–Crippen LogP) is 4.17. The molecule has 4 rings (SSSR count). The van der Waals surface area contributed by atoms with Gasteiger partial charge in [0.25, 0.3) is 0 Å². The van der Waals surface area contributed by atoms with Crippen molar-refractivity contribution in [3.63, 3.8) is 0 Å². The van der Waals surface area contributed by atoms with Gasteiger partial charge in [0.05, 0.1) is 6.04 Å². The van der Waals surface area contributed by atoms with Gasteiger partial charge in [-0.15, -0.1) is 0 Å². The second kappa shape index (κ2) is 10.4. The lowest BCUT2D eigenvalue weighted by Crippen LogP contribution is -2.52. The van der Waals surface area contributed by atoms with Gasteiger partial charge in [0.1, 0.15) is 6.04 Å². The molecule has 1 aliphatic heterocycles. The van der Waals surface area contributed by atoms with Gasteiger partial charge in [-0.1, -0.05) is 91.0 Å². The number of benzene rings is 3. The highest BCUT2D eigenvalue weighted by molar-refractivity contribution is 5.98. The Hall–Kier alpha value is -4.13. The normalized spacial score (nSPS) is 18.4. The molecule has 3 aromatic rings. The van der Waals surface area contributed by atoms with Gasteiger partial charge in [-0.05, 0) is 23.6 Å². The Bertz CT molecular complexity index is 1170. The average Bonchev–Trinajstić information content (AvgIpc) is 3.15. The first-order valence-corrected chi connectivity index (χ1v) is 11.6. The van der Waals surface area contributed by atoms with Crippen LogP contribution in [0.4, 0.5) is 4.79 Å². The summed E-state index contributed by atoms with van der Waals surface area (Å²) in [6, 6.07) is 24.8. The number of carboxylic acids is 1. The number of urea groups is 1. The van der Waals surface area contributed by atoms with Gasteiger partial charge in [-0.3, -0.25) is 4.79 Å². The smallest absolute Gasteiger partial charge is 0.329 e. The zero-order chi connectivity index (χ0) is 24.9. The lowest BCUT2D eigenvalue weighted by atomic mass is 10.0. The summed E-state index contributed by atoms with van der Waals surface area (Å²) >= 11 is 0. The number of hydrogen-bond donors (Lipinski definition) is 1. The third-order valence-electron chi connectivity index (χ3n) is 6.57. The van der Waals surface area contributed by atoms with Crippen LogP contribution in [0.25, 0.3) is 0 Å². The Morgan fingerprint density at radius 3 is 1.69 bits per heavy atom. The van der Waals surface area contributed by atoms with Gasteiger partial charge in [-0.25, -0.2) is 9.59 Å². The van der Waals surface area contributed by atoms with E-state index in [9.17, 15) is 19.5 Å². The van der Waals surface area contributed by atoms with Crippen LogP contribution in [-0.2, 0) is 22.7 Å². The minimum Gasteiger partial charge on any atom is -0.480 e. The highest BCUT2D eigenvalue weighted by Crippen LogP contribution is 2.31. The van der Waals surface area contributed by atoms with Crippen molar-refractivity contribution in [2.24, 2.45) is 0 Å². The van der Waals surface area contributed by atoms with Crippen LogP contribution in [0.1, 0.15) is 29.7 Å². The molecule has 2 unspecified atom stereocenters. The van der Waals surface area contributed by atoms with Crippen molar-refractivity contribution < 1.29 is 19.5 Å². The number of likely N-dealkylation sites (N-methyl/N-ethyl adjacent to an activating group) is 1. The zero-order valence-corrected chi connectivity index (χ0v) is 19.8. The number of carbonyl (C=O) groups is 3. The van der Waals surface area contributed by atoms with Crippen LogP contribution in [0.5, 0.6) is 0 Å². The van der Waals surface area contributed by atoms with E-state index < -0.39 is 30.0 Å². The molecule has 0 radical (unpaired) electrons. The van der Waals surface area contributed by atoms with E-state index in [2.05, 4.69) is 0 Å².